The van der Waals surface area contributed by atoms with Gasteiger partial charge in [0.15, 0.2) is 0 Å². The molecule has 1 heterocycles. The largest absolute Gasteiger partial charge is 0.497 e. The van der Waals surface area contributed by atoms with Crippen LogP contribution in [0.15, 0.2) is 48.5 Å². The van der Waals surface area contributed by atoms with Gasteiger partial charge in [-0.05, 0) is 43.3 Å². The van der Waals surface area contributed by atoms with Crippen molar-refractivity contribution in [3.63, 3.8) is 0 Å². The van der Waals surface area contributed by atoms with Crippen molar-refractivity contribution >= 4 is 11.4 Å². The predicted octanol–water partition coefficient (Wildman–Crippen LogP) is 3.61. The van der Waals surface area contributed by atoms with Crippen LogP contribution in [0.1, 0.15) is 6.92 Å². The molecule has 0 aliphatic carbocycles. The van der Waals surface area contributed by atoms with Gasteiger partial charge in [-0.3, -0.25) is 0 Å². The van der Waals surface area contributed by atoms with Crippen LogP contribution in [-0.4, -0.2) is 19.8 Å². The topological polar surface area (TPSA) is 21.7 Å². The highest BCUT2D eigenvalue weighted by molar-refractivity contribution is 5.70. The van der Waals surface area contributed by atoms with Crippen molar-refractivity contribution < 1.29 is 9.47 Å². The van der Waals surface area contributed by atoms with Crippen molar-refractivity contribution in [1.82, 2.24) is 0 Å². The zero-order valence-corrected chi connectivity index (χ0v) is 11.2. The third-order valence-electron chi connectivity index (χ3n) is 3.31. The lowest BCUT2D eigenvalue weighted by molar-refractivity contribution is 0.218. The van der Waals surface area contributed by atoms with Gasteiger partial charge in [0.1, 0.15) is 17.6 Å². The van der Waals surface area contributed by atoms with E-state index < -0.39 is 0 Å². The molecule has 3 nitrogen and oxygen atoms in total. The molecule has 0 amide bonds. The second-order valence-corrected chi connectivity index (χ2v) is 4.70. The maximum Gasteiger partial charge on any atom is 0.143 e. The van der Waals surface area contributed by atoms with Crippen LogP contribution < -0.4 is 14.4 Å². The minimum absolute atomic E-state index is 0.178. The molecule has 0 spiro atoms. The molecule has 0 fully saturated rings. The first kappa shape index (κ1) is 11.9. The number of rotatable bonds is 2. The lowest BCUT2D eigenvalue weighted by atomic mass is 10.1. The number of hydrogen-bond donors (Lipinski definition) is 0. The van der Waals surface area contributed by atoms with Gasteiger partial charge < -0.3 is 14.4 Å². The molecule has 3 rings (SSSR count). The minimum atomic E-state index is 0.178. The summed E-state index contributed by atoms with van der Waals surface area (Å²) in [6, 6.07) is 16.3. The summed E-state index contributed by atoms with van der Waals surface area (Å²) < 4.78 is 11.1. The maximum atomic E-state index is 5.86. The lowest BCUT2D eigenvalue weighted by Crippen LogP contribution is -2.35. The van der Waals surface area contributed by atoms with Gasteiger partial charge in [-0.2, -0.15) is 0 Å². The van der Waals surface area contributed by atoms with E-state index in [0.717, 1.165) is 29.4 Å². The Morgan fingerprint density at radius 3 is 2.58 bits per heavy atom. The second kappa shape index (κ2) is 4.84. The van der Waals surface area contributed by atoms with Crippen LogP contribution in [0.3, 0.4) is 0 Å². The summed E-state index contributed by atoms with van der Waals surface area (Å²) in [5.74, 6) is 1.82. The molecule has 0 radical (unpaired) electrons. The molecule has 0 saturated heterocycles. The Bertz CT molecular complexity index is 565. The number of fused-ring (bicyclic) bond motifs is 1. The van der Waals surface area contributed by atoms with Gasteiger partial charge in [-0.15, -0.1) is 0 Å². The lowest BCUT2D eigenvalue weighted by Gasteiger charge is -2.35. The Labute approximate surface area is 113 Å². The van der Waals surface area contributed by atoms with Crippen molar-refractivity contribution in [2.45, 2.75) is 13.0 Å². The molecule has 1 unspecified atom stereocenters. The Balaban J connectivity index is 1.99. The van der Waals surface area contributed by atoms with Crippen molar-refractivity contribution in [1.29, 1.82) is 0 Å². The highest BCUT2D eigenvalue weighted by Crippen LogP contribution is 2.38. The fourth-order valence-corrected chi connectivity index (χ4v) is 2.40. The smallest absolute Gasteiger partial charge is 0.143 e. The van der Waals surface area contributed by atoms with Crippen LogP contribution in [0.5, 0.6) is 11.5 Å². The number of methoxy groups -OCH3 is 1. The summed E-state index contributed by atoms with van der Waals surface area (Å²) in [6.07, 6.45) is 0.178. The standard InChI is InChI=1S/C16H17NO2/c1-12-11-17(13-7-9-14(18-2)10-8-13)15-5-3-4-6-16(15)19-12/h3-10,12H,11H2,1-2H3. The van der Waals surface area contributed by atoms with Crippen LogP contribution in [0.25, 0.3) is 0 Å². The van der Waals surface area contributed by atoms with Gasteiger partial charge in [-0.25, -0.2) is 0 Å². The van der Waals surface area contributed by atoms with Crippen LogP contribution in [0.4, 0.5) is 11.4 Å². The molecule has 3 heteroatoms. The minimum Gasteiger partial charge on any atom is -0.497 e. The van der Waals surface area contributed by atoms with Gasteiger partial charge in [0.05, 0.1) is 19.3 Å². The average molecular weight is 255 g/mol. The van der Waals surface area contributed by atoms with Crippen LogP contribution in [0.2, 0.25) is 0 Å². The monoisotopic (exact) mass is 255 g/mol. The van der Waals surface area contributed by atoms with Crippen LogP contribution in [0, 0.1) is 0 Å². The summed E-state index contributed by atoms with van der Waals surface area (Å²) in [6.45, 7) is 2.94. The molecule has 0 aromatic heterocycles. The molecule has 0 saturated carbocycles. The highest BCUT2D eigenvalue weighted by Gasteiger charge is 2.23. The van der Waals surface area contributed by atoms with E-state index in [2.05, 4.69) is 30.0 Å². The summed E-state index contributed by atoms with van der Waals surface area (Å²) in [5, 5.41) is 0. The fraction of sp³-hybridized carbons (Fsp3) is 0.250. The number of benzene rings is 2. The fourth-order valence-electron chi connectivity index (χ4n) is 2.40. The van der Waals surface area contributed by atoms with Gasteiger partial charge in [0.25, 0.3) is 0 Å². The Morgan fingerprint density at radius 2 is 1.84 bits per heavy atom. The number of nitrogens with zero attached hydrogens (tertiary/aromatic N) is 1. The molecule has 98 valence electrons. The average Bonchev–Trinajstić information content (AvgIpc) is 2.46. The van der Waals surface area contributed by atoms with E-state index in [-0.39, 0.29) is 6.10 Å². The highest BCUT2D eigenvalue weighted by atomic mass is 16.5. The Kier molecular flexibility index (Phi) is 3.03. The van der Waals surface area contributed by atoms with E-state index in [1.54, 1.807) is 7.11 Å². The SMILES string of the molecule is COc1ccc(N2CC(C)Oc3ccccc32)cc1. The van der Waals surface area contributed by atoms with Crippen molar-refractivity contribution in [2.24, 2.45) is 0 Å². The van der Waals surface area contributed by atoms with Crippen LogP contribution >= 0.6 is 0 Å². The number of anilines is 2. The molecule has 2 aromatic rings. The third kappa shape index (κ3) is 2.24. The predicted molar refractivity (Wildman–Crippen MR) is 76.5 cm³/mol. The Hall–Kier alpha value is -2.16. The molecular weight excluding hydrogens is 238 g/mol. The molecular formula is C16H17NO2. The zero-order valence-electron chi connectivity index (χ0n) is 11.2. The Morgan fingerprint density at radius 1 is 1.11 bits per heavy atom. The van der Waals surface area contributed by atoms with Crippen molar-refractivity contribution in [2.75, 3.05) is 18.6 Å². The van der Waals surface area contributed by atoms with Crippen molar-refractivity contribution in [3.8, 4) is 11.5 Å². The molecule has 19 heavy (non-hydrogen) atoms. The molecule has 1 aliphatic rings. The third-order valence-corrected chi connectivity index (χ3v) is 3.31. The first-order valence-corrected chi connectivity index (χ1v) is 6.45. The second-order valence-electron chi connectivity index (χ2n) is 4.70. The van der Waals surface area contributed by atoms with E-state index in [9.17, 15) is 0 Å². The van der Waals surface area contributed by atoms with Crippen LogP contribution in [-0.2, 0) is 0 Å². The maximum absolute atomic E-state index is 5.86. The summed E-state index contributed by atoms with van der Waals surface area (Å²) >= 11 is 0. The van der Waals surface area contributed by atoms with Crippen molar-refractivity contribution in [3.05, 3.63) is 48.5 Å². The van der Waals surface area contributed by atoms with E-state index in [0.29, 0.717) is 0 Å². The van der Waals surface area contributed by atoms with E-state index in [4.69, 9.17) is 9.47 Å². The summed E-state index contributed by atoms with van der Waals surface area (Å²) in [7, 11) is 1.68. The molecule has 2 aromatic carbocycles. The zero-order chi connectivity index (χ0) is 13.2. The molecule has 1 atom stereocenters. The summed E-state index contributed by atoms with van der Waals surface area (Å²) in [5.41, 5.74) is 2.27. The van der Waals surface area contributed by atoms with Gasteiger partial charge in [0, 0.05) is 5.69 Å². The molecule has 0 N–H and O–H groups in total. The van der Waals surface area contributed by atoms with Gasteiger partial charge >= 0.3 is 0 Å². The van der Waals surface area contributed by atoms with Gasteiger partial charge in [0.2, 0.25) is 0 Å². The van der Waals surface area contributed by atoms with E-state index >= 15 is 0 Å². The molecule has 0 bridgehead atoms. The first-order chi connectivity index (χ1) is 9.28. The number of hydrogen-bond acceptors (Lipinski definition) is 3. The molecule has 1 aliphatic heterocycles. The number of para-hydroxylation sites is 2. The normalized spacial score (nSPS) is 17.6. The quantitative estimate of drug-likeness (QED) is 0.818. The van der Waals surface area contributed by atoms with Gasteiger partial charge in [-0.1, -0.05) is 12.1 Å². The first-order valence-electron chi connectivity index (χ1n) is 6.45. The summed E-state index contributed by atoms with van der Waals surface area (Å²) in [4.78, 5) is 2.28. The van der Waals surface area contributed by atoms with E-state index in [1.807, 2.05) is 30.3 Å². The van der Waals surface area contributed by atoms with E-state index in [1.165, 1.54) is 0 Å². The number of ether oxygens (including phenoxy) is 2.